The van der Waals surface area contributed by atoms with Crippen molar-refractivity contribution in [2.24, 2.45) is 7.05 Å². The molecule has 7 rings (SSSR count). The highest BCUT2D eigenvalue weighted by Gasteiger charge is 2.35. The summed E-state index contributed by atoms with van der Waals surface area (Å²) < 4.78 is 7.73. The van der Waals surface area contributed by atoms with E-state index in [0.717, 1.165) is 85.4 Å². The molecule has 3 aliphatic heterocycles. The van der Waals surface area contributed by atoms with Crippen molar-refractivity contribution in [3.63, 3.8) is 0 Å². The van der Waals surface area contributed by atoms with Gasteiger partial charge in [0, 0.05) is 88.0 Å². The van der Waals surface area contributed by atoms with Gasteiger partial charge < -0.3 is 29.1 Å². The van der Waals surface area contributed by atoms with Crippen LogP contribution in [0.15, 0.2) is 66.7 Å². The van der Waals surface area contributed by atoms with Crippen molar-refractivity contribution < 1.29 is 29.0 Å². The first-order valence-corrected chi connectivity index (χ1v) is 21.5. The minimum atomic E-state index is -1.03. The molecule has 0 bridgehead atoms. The van der Waals surface area contributed by atoms with E-state index in [-0.39, 0.29) is 35.7 Å². The van der Waals surface area contributed by atoms with Gasteiger partial charge in [0.1, 0.15) is 0 Å². The van der Waals surface area contributed by atoms with E-state index in [4.69, 9.17) is 4.74 Å². The molecule has 4 heterocycles. The van der Waals surface area contributed by atoms with Crippen LogP contribution in [-0.2, 0) is 48.9 Å². The van der Waals surface area contributed by atoms with Gasteiger partial charge in [-0.3, -0.25) is 19.3 Å². The molecule has 1 aromatic heterocycles. The summed E-state index contributed by atoms with van der Waals surface area (Å²) in [7, 11) is 1.98. The summed E-state index contributed by atoms with van der Waals surface area (Å²) in [6.07, 6.45) is 5.33. The van der Waals surface area contributed by atoms with E-state index < -0.39 is 5.97 Å². The van der Waals surface area contributed by atoms with Crippen LogP contribution in [0.5, 0.6) is 0 Å². The SMILES string of the molecule is CCCCN(CCCC)C(=O)c1cc(-c2cc3c(cc2C(=O)N2Cc4ccccc4C[C@H]2CN2CCOCC2)CN(C(=O)Cc2cccc(C(=O)O)c2)CC3)n(C)c1C. The molecule has 11 heteroatoms. The van der Waals surface area contributed by atoms with Gasteiger partial charge in [0.25, 0.3) is 11.8 Å². The van der Waals surface area contributed by atoms with Crippen LogP contribution in [0, 0.1) is 6.92 Å². The summed E-state index contributed by atoms with van der Waals surface area (Å²) >= 11 is 0. The molecule has 0 spiro atoms. The van der Waals surface area contributed by atoms with E-state index in [1.807, 2.05) is 46.9 Å². The molecule has 1 N–H and O–H groups in total. The smallest absolute Gasteiger partial charge is 0.335 e. The number of hydrogen-bond acceptors (Lipinski definition) is 6. The van der Waals surface area contributed by atoms with Gasteiger partial charge in [0.15, 0.2) is 0 Å². The maximum atomic E-state index is 15.4. The number of carboxylic acid groups (broad SMARTS) is 1. The highest BCUT2D eigenvalue weighted by molar-refractivity contribution is 6.03. The number of fused-ring (bicyclic) bond motifs is 2. The first-order valence-electron chi connectivity index (χ1n) is 21.5. The second-order valence-electron chi connectivity index (χ2n) is 16.5. The standard InChI is InChI=1S/C48H59N5O6/c1-5-7-17-51(18-8-6-2)46(55)41-29-44(49(4)33(41)3)42-27-36-16-19-52(45(54)25-34-12-11-15-37(24-34)48(57)58)30-39(36)28-43(42)47(56)53-31-38-14-10-9-13-35(38)26-40(53)32-50-20-22-59-23-21-50/h9-15,24,27-29,40H,5-8,16-23,25-26,30-32H2,1-4H3,(H,57,58)/t40-/m0/s1. The second kappa shape index (κ2) is 18.8. The zero-order valence-electron chi connectivity index (χ0n) is 35.2. The van der Waals surface area contributed by atoms with E-state index >= 15 is 4.79 Å². The molecule has 0 unspecified atom stereocenters. The molecule has 1 fully saturated rings. The van der Waals surface area contributed by atoms with Crippen molar-refractivity contribution >= 4 is 23.7 Å². The highest BCUT2D eigenvalue weighted by atomic mass is 16.5. The van der Waals surface area contributed by atoms with Crippen molar-refractivity contribution in [3.8, 4) is 11.3 Å². The average Bonchev–Trinajstić information content (AvgIpc) is 3.55. The molecule has 312 valence electrons. The Kier molecular flexibility index (Phi) is 13.3. The van der Waals surface area contributed by atoms with Gasteiger partial charge in [0.05, 0.1) is 30.8 Å². The van der Waals surface area contributed by atoms with Gasteiger partial charge in [0.2, 0.25) is 5.91 Å². The van der Waals surface area contributed by atoms with Crippen LogP contribution in [-0.4, -0.2) is 111 Å². The highest BCUT2D eigenvalue weighted by Crippen LogP contribution is 2.36. The van der Waals surface area contributed by atoms with Crippen LogP contribution in [0.25, 0.3) is 11.3 Å². The lowest BCUT2D eigenvalue weighted by atomic mass is 9.89. The van der Waals surface area contributed by atoms with Crippen LogP contribution in [0.1, 0.15) is 104 Å². The summed E-state index contributed by atoms with van der Waals surface area (Å²) in [6, 6.07) is 21.0. The van der Waals surface area contributed by atoms with Gasteiger partial charge in [-0.05, 0) is 90.8 Å². The van der Waals surface area contributed by atoms with Crippen LogP contribution < -0.4 is 0 Å². The molecule has 3 amide bonds. The number of amides is 3. The van der Waals surface area contributed by atoms with Gasteiger partial charge in [-0.25, -0.2) is 4.79 Å². The zero-order chi connectivity index (χ0) is 41.6. The quantitative estimate of drug-likeness (QED) is 0.150. The summed E-state index contributed by atoms with van der Waals surface area (Å²) in [5.41, 5.74) is 8.90. The number of unbranched alkanes of at least 4 members (excludes halogenated alkanes) is 2. The number of hydrogen-bond donors (Lipinski definition) is 1. The summed E-state index contributed by atoms with van der Waals surface area (Å²) in [5, 5.41) is 9.51. The first kappa shape index (κ1) is 41.9. The second-order valence-corrected chi connectivity index (χ2v) is 16.5. The lowest BCUT2D eigenvalue weighted by Crippen LogP contribution is -2.52. The molecule has 3 aliphatic rings. The number of aromatic carboxylic acids is 1. The Balaban J connectivity index is 1.28. The molecule has 1 saturated heterocycles. The predicted octanol–water partition coefficient (Wildman–Crippen LogP) is 6.77. The first-order chi connectivity index (χ1) is 28.6. The Morgan fingerprint density at radius 2 is 1.54 bits per heavy atom. The molecule has 4 aromatic rings. The minimum Gasteiger partial charge on any atom is -0.478 e. The van der Waals surface area contributed by atoms with Crippen molar-refractivity contribution in [1.29, 1.82) is 0 Å². The number of carboxylic acids is 1. The molecule has 0 aliphatic carbocycles. The monoisotopic (exact) mass is 801 g/mol. The Hall–Kier alpha value is -5.26. The number of nitrogens with zero attached hydrogens (tertiary/aromatic N) is 5. The normalized spacial score (nSPS) is 16.7. The van der Waals surface area contributed by atoms with Crippen molar-refractivity contribution in [1.82, 2.24) is 24.2 Å². The Morgan fingerprint density at radius 3 is 2.25 bits per heavy atom. The lowest BCUT2D eigenvalue weighted by Gasteiger charge is -2.41. The third-order valence-corrected chi connectivity index (χ3v) is 12.5. The van der Waals surface area contributed by atoms with Crippen LogP contribution in [0.2, 0.25) is 0 Å². The largest absolute Gasteiger partial charge is 0.478 e. The van der Waals surface area contributed by atoms with Gasteiger partial charge in [-0.1, -0.05) is 63.1 Å². The third kappa shape index (κ3) is 9.31. The van der Waals surface area contributed by atoms with E-state index in [2.05, 4.69) is 47.6 Å². The number of benzene rings is 3. The number of carbonyl (C=O) groups is 4. The number of carbonyl (C=O) groups excluding carboxylic acids is 3. The number of rotatable bonds is 14. The number of ether oxygens (including phenoxy) is 1. The molecular formula is C48H59N5O6. The van der Waals surface area contributed by atoms with Crippen LogP contribution >= 0.6 is 0 Å². The minimum absolute atomic E-state index is 0.0262. The maximum absolute atomic E-state index is 15.4. The van der Waals surface area contributed by atoms with Gasteiger partial charge >= 0.3 is 5.97 Å². The Morgan fingerprint density at radius 1 is 0.814 bits per heavy atom. The number of morpholine rings is 1. The summed E-state index contributed by atoms with van der Waals surface area (Å²) in [4.78, 5) is 63.3. The Bertz CT molecular complexity index is 2180. The van der Waals surface area contributed by atoms with Gasteiger partial charge in [-0.2, -0.15) is 0 Å². The number of aromatic nitrogens is 1. The average molecular weight is 802 g/mol. The summed E-state index contributed by atoms with van der Waals surface area (Å²) in [6.45, 7) is 12.8. The van der Waals surface area contributed by atoms with Crippen molar-refractivity contribution in [2.45, 2.75) is 84.8 Å². The van der Waals surface area contributed by atoms with E-state index in [1.165, 1.54) is 11.6 Å². The van der Waals surface area contributed by atoms with E-state index in [1.54, 1.807) is 18.2 Å². The fourth-order valence-corrected chi connectivity index (χ4v) is 8.89. The molecular weight excluding hydrogens is 743 g/mol. The molecule has 0 radical (unpaired) electrons. The molecule has 11 nitrogen and oxygen atoms in total. The molecule has 59 heavy (non-hydrogen) atoms. The Labute approximate surface area is 348 Å². The third-order valence-electron chi connectivity index (χ3n) is 12.5. The van der Waals surface area contributed by atoms with Crippen LogP contribution in [0.4, 0.5) is 0 Å². The zero-order valence-corrected chi connectivity index (χ0v) is 35.2. The van der Waals surface area contributed by atoms with Crippen LogP contribution in [0.3, 0.4) is 0 Å². The van der Waals surface area contributed by atoms with Crippen molar-refractivity contribution in [3.05, 3.63) is 117 Å². The van der Waals surface area contributed by atoms with E-state index in [0.29, 0.717) is 69.0 Å². The molecule has 3 aromatic carbocycles. The fraction of sp³-hybridized carbons (Fsp3) is 0.458. The molecule has 1 atom stereocenters. The molecule has 0 saturated carbocycles. The summed E-state index contributed by atoms with van der Waals surface area (Å²) in [5.74, 6) is -1.16. The maximum Gasteiger partial charge on any atom is 0.335 e. The fourth-order valence-electron chi connectivity index (χ4n) is 8.89. The topological polar surface area (TPSA) is 116 Å². The van der Waals surface area contributed by atoms with Gasteiger partial charge in [-0.15, -0.1) is 0 Å². The predicted molar refractivity (Wildman–Crippen MR) is 229 cm³/mol. The van der Waals surface area contributed by atoms with Crippen molar-refractivity contribution in [2.75, 3.05) is 52.5 Å². The van der Waals surface area contributed by atoms with E-state index in [9.17, 15) is 19.5 Å². The lowest BCUT2D eigenvalue weighted by molar-refractivity contribution is -0.131.